The molecular weight excluding hydrogens is 415 g/mol. The van der Waals surface area contributed by atoms with Gasteiger partial charge in [-0.1, -0.05) is 79.8 Å². The van der Waals surface area contributed by atoms with Crippen molar-refractivity contribution in [2.75, 3.05) is 0 Å². The van der Waals surface area contributed by atoms with E-state index >= 15 is 0 Å². The van der Waals surface area contributed by atoms with Crippen molar-refractivity contribution >= 4 is 11.4 Å². The molecular formula is C26H27NY-2. The van der Waals surface area contributed by atoms with Crippen LogP contribution < -0.4 is 0 Å². The second-order valence-electron chi connectivity index (χ2n) is 7.45. The monoisotopic (exact) mass is 442 g/mol. The van der Waals surface area contributed by atoms with E-state index in [1.54, 1.807) is 0 Å². The minimum absolute atomic E-state index is 0. The number of nitrogens with zero attached hydrogens (tertiary/aromatic N) is 1. The molecule has 0 atom stereocenters. The van der Waals surface area contributed by atoms with Crippen molar-refractivity contribution in [3.8, 4) is 0 Å². The molecule has 141 valence electrons. The predicted octanol–water partition coefficient (Wildman–Crippen LogP) is 7.27. The van der Waals surface area contributed by atoms with Gasteiger partial charge in [-0.15, -0.1) is 11.4 Å². The molecule has 2 aliphatic carbocycles. The number of para-hydroxylation sites is 1. The van der Waals surface area contributed by atoms with Crippen molar-refractivity contribution < 1.29 is 32.7 Å². The first-order valence-corrected chi connectivity index (χ1v) is 10.3. The molecule has 0 spiro atoms. The van der Waals surface area contributed by atoms with E-state index in [0.29, 0.717) is 0 Å². The summed E-state index contributed by atoms with van der Waals surface area (Å²) in [6.45, 7) is 0. The zero-order valence-corrected chi connectivity index (χ0v) is 19.4. The zero-order chi connectivity index (χ0) is 18.3. The van der Waals surface area contributed by atoms with Gasteiger partial charge in [-0.3, -0.25) is 0 Å². The van der Waals surface area contributed by atoms with Gasteiger partial charge in [-0.25, -0.2) is 0 Å². The normalized spacial score (nSPS) is 14.4. The van der Waals surface area contributed by atoms with Crippen LogP contribution in [0.25, 0.3) is 5.32 Å². The molecule has 28 heavy (non-hydrogen) atoms. The van der Waals surface area contributed by atoms with Gasteiger partial charge in [0.1, 0.15) is 0 Å². The molecule has 1 nitrogen and oxygen atoms in total. The van der Waals surface area contributed by atoms with E-state index in [9.17, 15) is 0 Å². The minimum Gasteiger partial charge on any atom is -0.658 e. The van der Waals surface area contributed by atoms with E-state index in [4.69, 9.17) is 5.32 Å². The Kier molecular flexibility index (Phi) is 8.31. The molecule has 2 aliphatic rings. The fourth-order valence-corrected chi connectivity index (χ4v) is 4.10. The summed E-state index contributed by atoms with van der Waals surface area (Å²) in [7, 11) is 0. The first-order valence-electron chi connectivity index (χ1n) is 10.3. The number of hydrogen-bond acceptors (Lipinski definition) is 0. The van der Waals surface area contributed by atoms with Crippen LogP contribution in [0.3, 0.4) is 0 Å². The molecule has 0 heterocycles. The van der Waals surface area contributed by atoms with E-state index in [0.717, 1.165) is 11.4 Å². The molecule has 0 N–H and O–H groups in total. The van der Waals surface area contributed by atoms with Crippen molar-refractivity contribution in [2.24, 2.45) is 0 Å². The Bertz CT molecular complexity index is 848. The van der Waals surface area contributed by atoms with Crippen LogP contribution >= 0.6 is 0 Å². The maximum absolute atomic E-state index is 4.75. The van der Waals surface area contributed by atoms with Gasteiger partial charge < -0.3 is 5.32 Å². The minimum atomic E-state index is 0. The summed E-state index contributed by atoms with van der Waals surface area (Å²) in [5, 5.41) is 4.75. The quantitative estimate of drug-likeness (QED) is 0.371. The largest absolute Gasteiger partial charge is 0.658 e. The van der Waals surface area contributed by atoms with Gasteiger partial charge in [0, 0.05) is 32.7 Å². The summed E-state index contributed by atoms with van der Waals surface area (Å²) in [6, 6.07) is 26.4. The van der Waals surface area contributed by atoms with Gasteiger partial charge >= 0.3 is 0 Å². The second-order valence-corrected chi connectivity index (χ2v) is 7.45. The molecule has 3 aromatic carbocycles. The third-order valence-electron chi connectivity index (χ3n) is 5.54. The number of fused-ring (bicyclic) bond motifs is 2. The maximum Gasteiger partial charge on any atom is 0 e. The van der Waals surface area contributed by atoms with Crippen LogP contribution in [0, 0.1) is 6.07 Å². The summed E-state index contributed by atoms with van der Waals surface area (Å²) in [5.74, 6) is 0. The van der Waals surface area contributed by atoms with Crippen molar-refractivity contribution in [1.82, 2.24) is 0 Å². The van der Waals surface area contributed by atoms with Crippen molar-refractivity contribution in [1.29, 1.82) is 0 Å². The van der Waals surface area contributed by atoms with E-state index < -0.39 is 0 Å². The Labute approximate surface area is 194 Å². The first-order chi connectivity index (χ1) is 13.4. The summed E-state index contributed by atoms with van der Waals surface area (Å²) in [6.07, 6.45) is 10.3. The predicted molar refractivity (Wildman–Crippen MR) is 114 cm³/mol. The number of aryl methyl sites for hydroxylation is 3. The molecule has 5 rings (SSSR count). The third kappa shape index (κ3) is 5.55. The molecule has 0 amide bonds. The average Bonchev–Trinajstić information content (AvgIpc) is 2.75. The molecule has 0 saturated carbocycles. The Morgan fingerprint density at radius 3 is 2.18 bits per heavy atom. The van der Waals surface area contributed by atoms with Gasteiger partial charge in [0.25, 0.3) is 0 Å². The van der Waals surface area contributed by atoms with Gasteiger partial charge in [0.2, 0.25) is 0 Å². The summed E-state index contributed by atoms with van der Waals surface area (Å²) in [4.78, 5) is 0. The van der Waals surface area contributed by atoms with E-state index in [2.05, 4.69) is 48.5 Å². The Morgan fingerprint density at radius 1 is 0.643 bits per heavy atom. The fourth-order valence-electron chi connectivity index (χ4n) is 4.10. The molecule has 0 aliphatic heterocycles. The van der Waals surface area contributed by atoms with Crippen LogP contribution in [0.4, 0.5) is 11.4 Å². The molecule has 0 bridgehead atoms. The molecule has 0 aromatic heterocycles. The van der Waals surface area contributed by atoms with E-state index in [1.807, 2.05) is 24.3 Å². The van der Waals surface area contributed by atoms with Crippen LogP contribution in [-0.4, -0.2) is 0 Å². The van der Waals surface area contributed by atoms with Gasteiger partial charge in [0.05, 0.1) is 0 Å². The van der Waals surface area contributed by atoms with Gasteiger partial charge in [-0.05, 0) is 31.2 Å². The second kappa shape index (κ2) is 10.9. The van der Waals surface area contributed by atoms with Crippen LogP contribution in [0.5, 0.6) is 0 Å². The summed E-state index contributed by atoms with van der Waals surface area (Å²) < 4.78 is 0. The summed E-state index contributed by atoms with van der Waals surface area (Å²) in [5.41, 5.74) is 8.14. The maximum atomic E-state index is 4.75. The van der Waals surface area contributed by atoms with Gasteiger partial charge in [0.15, 0.2) is 0 Å². The molecule has 1 radical (unpaired) electrons. The molecule has 0 saturated heterocycles. The standard InChI is InChI=1S/C16H16N.C10H11.Y/c1-2-9-14(10-3-1)17-16-12-6-8-13-7-4-5-11-15(13)16;1-2-6-10-8-4-3-7-9(10)5-1;/h1-3,6,8-10,12H,4-5,7,11H2;1-2,5H,3-4,7-8H2;/q2*-1;. The molecule has 3 aromatic rings. The number of hydrogen-bond donors (Lipinski definition) is 0. The van der Waals surface area contributed by atoms with E-state index in [1.165, 1.54) is 73.6 Å². The smallest absolute Gasteiger partial charge is 0 e. The van der Waals surface area contributed by atoms with Gasteiger partial charge in [-0.2, -0.15) is 35.4 Å². The van der Waals surface area contributed by atoms with Crippen LogP contribution in [0.15, 0.2) is 66.7 Å². The zero-order valence-electron chi connectivity index (χ0n) is 16.5. The Hall–Kier alpha value is -1.44. The Morgan fingerprint density at radius 2 is 1.36 bits per heavy atom. The topological polar surface area (TPSA) is 14.1 Å². The van der Waals surface area contributed by atoms with Crippen molar-refractivity contribution in [3.63, 3.8) is 0 Å². The Balaban J connectivity index is 0.000000175. The summed E-state index contributed by atoms with van der Waals surface area (Å²) >= 11 is 0. The molecule has 0 unspecified atom stereocenters. The van der Waals surface area contributed by atoms with Crippen LogP contribution in [0.1, 0.15) is 47.9 Å². The SMILES string of the molecule is [Y].[c-]1cccc2c1CCCC2.c1ccc([N-]c2cccc3c2CCCC3)cc1. The average molecular weight is 442 g/mol. The third-order valence-corrected chi connectivity index (χ3v) is 5.54. The molecule has 0 fully saturated rings. The van der Waals surface area contributed by atoms with Crippen molar-refractivity contribution in [2.45, 2.75) is 51.4 Å². The van der Waals surface area contributed by atoms with Crippen LogP contribution in [0.2, 0.25) is 0 Å². The van der Waals surface area contributed by atoms with E-state index in [-0.39, 0.29) is 32.7 Å². The molecule has 2 heteroatoms. The van der Waals surface area contributed by atoms with Crippen molar-refractivity contribution in [3.05, 3.63) is 100 Å². The fraction of sp³-hybridized carbons (Fsp3) is 0.308. The van der Waals surface area contributed by atoms with Crippen LogP contribution in [-0.2, 0) is 58.4 Å². The number of rotatable bonds is 2. The number of benzene rings is 3. The first kappa shape index (κ1) is 21.3.